The minimum atomic E-state index is -0.104. The number of aryl methyl sites for hydroxylation is 2. The van der Waals surface area contributed by atoms with Crippen molar-refractivity contribution in [3.8, 4) is 0 Å². The molecule has 0 radical (unpaired) electrons. The van der Waals surface area contributed by atoms with E-state index in [2.05, 4.69) is 22.6 Å². The van der Waals surface area contributed by atoms with Gasteiger partial charge in [0, 0.05) is 5.69 Å². The quantitative estimate of drug-likeness (QED) is 0.892. The lowest BCUT2D eigenvalue weighted by atomic mass is 10.1. The normalized spacial score (nSPS) is 10.3. The Morgan fingerprint density at radius 1 is 1.33 bits per heavy atom. The van der Waals surface area contributed by atoms with Gasteiger partial charge in [-0.25, -0.2) is 4.68 Å². The van der Waals surface area contributed by atoms with E-state index in [1.54, 1.807) is 10.9 Å². The Bertz CT molecular complexity index is 530. The first kappa shape index (κ1) is 12.3. The first-order chi connectivity index (χ1) is 8.69. The number of benzene rings is 1. The van der Waals surface area contributed by atoms with E-state index >= 15 is 0 Å². The van der Waals surface area contributed by atoms with Crippen LogP contribution in [0.25, 0.3) is 0 Å². The highest BCUT2D eigenvalue weighted by Gasteiger charge is 2.06. The van der Waals surface area contributed by atoms with E-state index in [9.17, 15) is 4.79 Å². The van der Waals surface area contributed by atoms with Crippen LogP contribution >= 0.6 is 0 Å². The van der Waals surface area contributed by atoms with Gasteiger partial charge in [0.05, 0.1) is 11.9 Å². The number of anilines is 1. The molecule has 18 heavy (non-hydrogen) atoms. The minimum Gasteiger partial charge on any atom is -0.324 e. The zero-order chi connectivity index (χ0) is 13.0. The van der Waals surface area contributed by atoms with Crippen molar-refractivity contribution in [2.75, 3.05) is 5.32 Å². The summed E-state index contributed by atoms with van der Waals surface area (Å²) in [5, 5.41) is 10.4. The average molecular weight is 244 g/mol. The van der Waals surface area contributed by atoms with Gasteiger partial charge in [-0.15, -0.1) is 5.10 Å². The fourth-order valence-corrected chi connectivity index (χ4v) is 1.63. The number of carbonyl (C=O) groups excluding carboxylic acids is 1. The summed E-state index contributed by atoms with van der Waals surface area (Å²) in [6, 6.07) is 7.84. The van der Waals surface area contributed by atoms with Crippen molar-refractivity contribution in [2.45, 2.75) is 26.8 Å². The first-order valence-electron chi connectivity index (χ1n) is 5.93. The van der Waals surface area contributed by atoms with Crippen LogP contribution in [0.5, 0.6) is 0 Å². The van der Waals surface area contributed by atoms with Crippen molar-refractivity contribution in [3.63, 3.8) is 0 Å². The van der Waals surface area contributed by atoms with Crippen molar-refractivity contribution in [2.24, 2.45) is 0 Å². The van der Waals surface area contributed by atoms with Crippen LogP contribution < -0.4 is 5.32 Å². The molecule has 5 nitrogen and oxygen atoms in total. The molecule has 1 N–H and O–H groups in total. The predicted molar refractivity (Wildman–Crippen MR) is 69.2 cm³/mol. The van der Waals surface area contributed by atoms with Crippen LogP contribution in [0.1, 0.15) is 18.2 Å². The standard InChI is InChI=1S/C13H16N4O/c1-3-11-4-6-12(7-5-11)15-13(18)9-17-10(2)8-14-16-17/h4-8H,3,9H2,1-2H3,(H,15,18). The molecule has 0 spiro atoms. The van der Waals surface area contributed by atoms with E-state index in [1.165, 1.54) is 5.56 Å². The summed E-state index contributed by atoms with van der Waals surface area (Å²) in [5.74, 6) is -0.104. The second-order valence-electron chi connectivity index (χ2n) is 4.13. The third-order valence-corrected chi connectivity index (χ3v) is 2.75. The SMILES string of the molecule is CCc1ccc(NC(=O)Cn2nncc2C)cc1. The lowest BCUT2D eigenvalue weighted by Crippen LogP contribution is -2.20. The molecule has 0 fully saturated rings. The van der Waals surface area contributed by atoms with Crippen molar-refractivity contribution < 1.29 is 4.79 Å². The van der Waals surface area contributed by atoms with Crippen LogP contribution in [-0.4, -0.2) is 20.9 Å². The average Bonchev–Trinajstić information content (AvgIpc) is 2.76. The number of hydrogen-bond acceptors (Lipinski definition) is 3. The van der Waals surface area contributed by atoms with Gasteiger partial charge in [0.1, 0.15) is 6.54 Å². The molecule has 0 saturated heterocycles. The lowest BCUT2D eigenvalue weighted by Gasteiger charge is -2.06. The molecular formula is C13H16N4O. The molecule has 0 bridgehead atoms. The van der Waals surface area contributed by atoms with E-state index < -0.39 is 0 Å². The Morgan fingerprint density at radius 2 is 2.06 bits per heavy atom. The van der Waals surface area contributed by atoms with E-state index in [0.29, 0.717) is 0 Å². The molecule has 1 aromatic carbocycles. The van der Waals surface area contributed by atoms with E-state index in [0.717, 1.165) is 17.8 Å². The van der Waals surface area contributed by atoms with Gasteiger partial charge >= 0.3 is 0 Å². The fraction of sp³-hybridized carbons (Fsp3) is 0.308. The van der Waals surface area contributed by atoms with Crippen molar-refractivity contribution in [1.29, 1.82) is 0 Å². The summed E-state index contributed by atoms with van der Waals surface area (Å²) in [6.45, 7) is 4.14. The Labute approximate surface area is 106 Å². The summed E-state index contributed by atoms with van der Waals surface area (Å²) in [5.41, 5.74) is 2.92. The van der Waals surface area contributed by atoms with Crippen molar-refractivity contribution in [1.82, 2.24) is 15.0 Å². The van der Waals surface area contributed by atoms with E-state index in [-0.39, 0.29) is 12.5 Å². The minimum absolute atomic E-state index is 0.104. The molecule has 94 valence electrons. The van der Waals surface area contributed by atoms with E-state index in [4.69, 9.17) is 0 Å². The number of hydrogen-bond donors (Lipinski definition) is 1. The van der Waals surface area contributed by atoms with Crippen LogP contribution in [0.2, 0.25) is 0 Å². The second-order valence-corrected chi connectivity index (χ2v) is 4.13. The number of nitrogens with one attached hydrogen (secondary N) is 1. The van der Waals surface area contributed by atoms with Gasteiger partial charge in [0.2, 0.25) is 5.91 Å². The summed E-state index contributed by atoms with van der Waals surface area (Å²) < 4.78 is 1.57. The summed E-state index contributed by atoms with van der Waals surface area (Å²) >= 11 is 0. The Hall–Kier alpha value is -2.17. The molecule has 0 aliphatic carbocycles. The Balaban J connectivity index is 1.96. The molecule has 0 unspecified atom stereocenters. The molecule has 0 aliphatic heterocycles. The maximum Gasteiger partial charge on any atom is 0.246 e. The summed E-state index contributed by atoms with van der Waals surface area (Å²) in [4.78, 5) is 11.8. The molecule has 1 heterocycles. The van der Waals surface area contributed by atoms with Gasteiger partial charge in [-0.3, -0.25) is 4.79 Å². The number of amides is 1. The molecule has 1 amide bonds. The van der Waals surface area contributed by atoms with Crippen LogP contribution in [0, 0.1) is 6.92 Å². The number of nitrogens with zero attached hydrogens (tertiary/aromatic N) is 3. The predicted octanol–water partition coefficient (Wildman–Crippen LogP) is 1.79. The number of aromatic nitrogens is 3. The smallest absolute Gasteiger partial charge is 0.246 e. The van der Waals surface area contributed by atoms with E-state index in [1.807, 2.05) is 31.2 Å². The van der Waals surface area contributed by atoms with Crippen LogP contribution in [0.4, 0.5) is 5.69 Å². The molecule has 0 saturated carbocycles. The maximum absolute atomic E-state index is 11.8. The number of rotatable bonds is 4. The zero-order valence-electron chi connectivity index (χ0n) is 10.6. The highest BCUT2D eigenvalue weighted by molar-refractivity contribution is 5.90. The lowest BCUT2D eigenvalue weighted by molar-refractivity contribution is -0.117. The maximum atomic E-state index is 11.8. The van der Waals surface area contributed by atoms with Crippen molar-refractivity contribution in [3.05, 3.63) is 41.7 Å². The van der Waals surface area contributed by atoms with Crippen molar-refractivity contribution >= 4 is 11.6 Å². The van der Waals surface area contributed by atoms with Gasteiger partial charge in [-0.05, 0) is 31.0 Å². The van der Waals surface area contributed by atoms with Gasteiger partial charge < -0.3 is 5.32 Å². The second kappa shape index (κ2) is 5.44. The molecular weight excluding hydrogens is 228 g/mol. The van der Waals surface area contributed by atoms with Gasteiger partial charge in [0.25, 0.3) is 0 Å². The third kappa shape index (κ3) is 2.94. The van der Waals surface area contributed by atoms with Gasteiger partial charge in [0.15, 0.2) is 0 Å². The largest absolute Gasteiger partial charge is 0.324 e. The molecule has 0 aliphatic rings. The highest BCUT2D eigenvalue weighted by atomic mass is 16.2. The highest BCUT2D eigenvalue weighted by Crippen LogP contribution is 2.10. The monoisotopic (exact) mass is 244 g/mol. The van der Waals surface area contributed by atoms with Crippen LogP contribution in [0.3, 0.4) is 0 Å². The zero-order valence-corrected chi connectivity index (χ0v) is 10.6. The Morgan fingerprint density at radius 3 is 2.61 bits per heavy atom. The topological polar surface area (TPSA) is 59.8 Å². The van der Waals surface area contributed by atoms with Gasteiger partial charge in [-0.1, -0.05) is 24.3 Å². The molecule has 5 heteroatoms. The molecule has 1 aromatic heterocycles. The molecule has 0 atom stereocenters. The first-order valence-corrected chi connectivity index (χ1v) is 5.93. The molecule has 2 aromatic rings. The number of carbonyl (C=O) groups is 1. The van der Waals surface area contributed by atoms with Crippen LogP contribution in [0.15, 0.2) is 30.5 Å². The fourth-order valence-electron chi connectivity index (χ4n) is 1.63. The summed E-state index contributed by atoms with van der Waals surface area (Å²) in [6.07, 6.45) is 2.62. The van der Waals surface area contributed by atoms with Gasteiger partial charge in [-0.2, -0.15) is 0 Å². The molecule has 2 rings (SSSR count). The van der Waals surface area contributed by atoms with Crippen LogP contribution in [-0.2, 0) is 17.8 Å². The third-order valence-electron chi connectivity index (χ3n) is 2.75. The summed E-state index contributed by atoms with van der Waals surface area (Å²) in [7, 11) is 0. The Kier molecular flexibility index (Phi) is 3.72.